The summed E-state index contributed by atoms with van der Waals surface area (Å²) in [5.41, 5.74) is 0.466. The van der Waals surface area contributed by atoms with Crippen molar-refractivity contribution in [1.29, 1.82) is 0 Å². The van der Waals surface area contributed by atoms with Crippen LogP contribution in [0.25, 0.3) is 11.3 Å². The van der Waals surface area contributed by atoms with Crippen LogP contribution >= 0.6 is 0 Å². The fourth-order valence-corrected chi connectivity index (χ4v) is 1.08. The van der Waals surface area contributed by atoms with Crippen molar-refractivity contribution < 1.29 is 8.78 Å². The van der Waals surface area contributed by atoms with Crippen LogP contribution in [0.1, 0.15) is 6.55 Å². The van der Waals surface area contributed by atoms with Gasteiger partial charge < -0.3 is 0 Å². The van der Waals surface area contributed by atoms with Gasteiger partial charge in [-0.2, -0.15) is 19.0 Å². The third-order valence-corrected chi connectivity index (χ3v) is 1.78. The van der Waals surface area contributed by atoms with Gasteiger partial charge in [-0.15, -0.1) is 0 Å². The van der Waals surface area contributed by atoms with Crippen molar-refractivity contribution in [3.63, 3.8) is 0 Å². The average molecular weight is 212 g/mol. The molecule has 0 saturated carbocycles. The van der Waals surface area contributed by atoms with E-state index in [1.54, 1.807) is 0 Å². The summed E-state index contributed by atoms with van der Waals surface area (Å²) in [7, 11) is 0. The van der Waals surface area contributed by atoms with Crippen molar-refractivity contribution >= 4 is 0 Å². The van der Waals surface area contributed by atoms with E-state index in [1.807, 2.05) is 0 Å². The van der Waals surface area contributed by atoms with Crippen molar-refractivity contribution in [2.45, 2.75) is 6.55 Å². The highest BCUT2D eigenvalue weighted by molar-refractivity contribution is 5.55. The number of rotatable bonds is 2. The lowest BCUT2D eigenvalue weighted by atomic mass is 10.2. The molecule has 0 aliphatic rings. The maximum Gasteiger partial charge on any atom is 0.333 e. The molecule has 78 valence electrons. The Hall–Kier alpha value is -2.05. The maximum atomic E-state index is 12.2. The third-order valence-electron chi connectivity index (χ3n) is 1.78. The van der Waals surface area contributed by atoms with Gasteiger partial charge in [-0.05, 0) is 6.07 Å². The summed E-state index contributed by atoms with van der Waals surface area (Å²) >= 11 is 0. The molecular formula is C8H6F2N4O. The Bertz CT molecular complexity index is 499. The summed E-state index contributed by atoms with van der Waals surface area (Å²) in [6.07, 6.45) is 2.41. The Labute approximate surface area is 82.4 Å². The van der Waals surface area contributed by atoms with Crippen LogP contribution in [0.4, 0.5) is 8.78 Å². The van der Waals surface area contributed by atoms with E-state index in [4.69, 9.17) is 0 Å². The SMILES string of the molecule is O=c1ccc(-c2cnn(C(F)F)c2)n[nH]1. The molecule has 0 saturated heterocycles. The maximum absolute atomic E-state index is 12.2. The van der Waals surface area contributed by atoms with Gasteiger partial charge in [-0.3, -0.25) is 4.79 Å². The summed E-state index contributed by atoms with van der Waals surface area (Å²) in [6, 6.07) is 2.70. The number of aromatic amines is 1. The zero-order valence-corrected chi connectivity index (χ0v) is 7.39. The Morgan fingerprint density at radius 1 is 1.40 bits per heavy atom. The van der Waals surface area contributed by atoms with E-state index in [0.29, 0.717) is 15.9 Å². The molecule has 1 N–H and O–H groups in total. The average Bonchev–Trinajstić information content (AvgIpc) is 2.68. The molecule has 2 heterocycles. The van der Waals surface area contributed by atoms with Crippen molar-refractivity contribution in [3.8, 4) is 11.3 Å². The van der Waals surface area contributed by atoms with Crippen molar-refractivity contribution in [2.24, 2.45) is 0 Å². The molecule has 0 aliphatic heterocycles. The summed E-state index contributed by atoms with van der Waals surface area (Å²) in [4.78, 5) is 10.7. The van der Waals surface area contributed by atoms with Gasteiger partial charge in [0.15, 0.2) is 0 Å². The molecule has 5 nitrogen and oxygen atoms in total. The van der Waals surface area contributed by atoms with Crippen LogP contribution in [-0.2, 0) is 0 Å². The molecule has 0 radical (unpaired) electrons. The first-order valence-electron chi connectivity index (χ1n) is 4.05. The molecule has 7 heteroatoms. The minimum absolute atomic E-state index is 0.347. The molecule has 0 aromatic carbocycles. The number of hydrogen-bond acceptors (Lipinski definition) is 3. The van der Waals surface area contributed by atoms with Gasteiger partial charge in [-0.1, -0.05) is 0 Å². The van der Waals surface area contributed by atoms with Crippen LogP contribution in [0.5, 0.6) is 0 Å². The number of alkyl halides is 2. The number of H-pyrrole nitrogens is 1. The highest BCUT2D eigenvalue weighted by Gasteiger charge is 2.09. The van der Waals surface area contributed by atoms with E-state index in [1.165, 1.54) is 18.3 Å². The van der Waals surface area contributed by atoms with Crippen molar-refractivity contribution in [2.75, 3.05) is 0 Å². The monoisotopic (exact) mass is 212 g/mol. The van der Waals surface area contributed by atoms with E-state index in [9.17, 15) is 13.6 Å². The molecule has 2 aromatic rings. The second-order valence-electron chi connectivity index (χ2n) is 2.79. The van der Waals surface area contributed by atoms with Gasteiger partial charge in [0.25, 0.3) is 5.56 Å². The number of nitrogens with zero attached hydrogens (tertiary/aromatic N) is 3. The zero-order chi connectivity index (χ0) is 10.8. The van der Waals surface area contributed by atoms with Crippen LogP contribution in [0, 0.1) is 0 Å². The van der Waals surface area contributed by atoms with Crippen molar-refractivity contribution in [3.05, 3.63) is 34.9 Å². The number of hydrogen-bond donors (Lipinski definition) is 1. The lowest BCUT2D eigenvalue weighted by Gasteiger charge is -1.95. The minimum Gasteiger partial charge on any atom is -0.268 e. The van der Waals surface area contributed by atoms with Crippen LogP contribution in [-0.4, -0.2) is 20.0 Å². The summed E-state index contributed by atoms with van der Waals surface area (Å²) in [5.74, 6) is 0. The topological polar surface area (TPSA) is 63.6 Å². The normalized spacial score (nSPS) is 10.9. The van der Waals surface area contributed by atoms with Crippen molar-refractivity contribution in [1.82, 2.24) is 20.0 Å². The fourth-order valence-electron chi connectivity index (χ4n) is 1.08. The van der Waals surface area contributed by atoms with E-state index >= 15 is 0 Å². The highest BCUT2D eigenvalue weighted by atomic mass is 19.3. The van der Waals surface area contributed by atoms with Gasteiger partial charge >= 0.3 is 6.55 Å². The Morgan fingerprint density at radius 2 is 2.20 bits per heavy atom. The van der Waals surface area contributed by atoms with E-state index in [2.05, 4.69) is 15.3 Å². The first kappa shape index (κ1) is 9.50. The van der Waals surface area contributed by atoms with Gasteiger partial charge in [-0.25, -0.2) is 9.78 Å². The quantitative estimate of drug-likeness (QED) is 0.808. The Kier molecular flexibility index (Phi) is 2.28. The predicted octanol–water partition coefficient (Wildman–Crippen LogP) is 1.03. The predicted molar refractivity (Wildman–Crippen MR) is 47.3 cm³/mol. The fraction of sp³-hybridized carbons (Fsp3) is 0.125. The summed E-state index contributed by atoms with van der Waals surface area (Å²) in [6.45, 7) is -2.68. The Balaban J connectivity index is 2.37. The van der Waals surface area contributed by atoms with Gasteiger partial charge in [0.05, 0.1) is 11.9 Å². The van der Waals surface area contributed by atoms with Gasteiger partial charge in [0, 0.05) is 17.8 Å². The number of aromatic nitrogens is 4. The van der Waals surface area contributed by atoms with Gasteiger partial charge in [0.1, 0.15) is 0 Å². The van der Waals surface area contributed by atoms with Crippen LogP contribution in [0.2, 0.25) is 0 Å². The molecular weight excluding hydrogens is 206 g/mol. The van der Waals surface area contributed by atoms with Crippen LogP contribution in [0.15, 0.2) is 29.3 Å². The first-order chi connectivity index (χ1) is 7.16. The largest absolute Gasteiger partial charge is 0.333 e. The molecule has 0 spiro atoms. The smallest absolute Gasteiger partial charge is 0.268 e. The van der Waals surface area contributed by atoms with Crippen LogP contribution in [0.3, 0.4) is 0 Å². The molecule has 2 aromatic heterocycles. The van der Waals surface area contributed by atoms with E-state index in [-0.39, 0.29) is 5.56 Å². The third kappa shape index (κ3) is 1.90. The molecule has 15 heavy (non-hydrogen) atoms. The lowest BCUT2D eigenvalue weighted by Crippen LogP contribution is -2.05. The summed E-state index contributed by atoms with van der Waals surface area (Å²) in [5, 5.41) is 9.34. The molecule has 2 rings (SSSR count). The van der Waals surface area contributed by atoms with E-state index < -0.39 is 6.55 Å². The second-order valence-corrected chi connectivity index (χ2v) is 2.79. The molecule has 0 atom stereocenters. The van der Waals surface area contributed by atoms with Gasteiger partial charge in [0.2, 0.25) is 0 Å². The highest BCUT2D eigenvalue weighted by Crippen LogP contribution is 2.17. The summed E-state index contributed by atoms with van der Waals surface area (Å²) < 4.78 is 24.9. The first-order valence-corrected chi connectivity index (χ1v) is 4.05. The van der Waals surface area contributed by atoms with Crippen LogP contribution < -0.4 is 5.56 Å². The lowest BCUT2D eigenvalue weighted by molar-refractivity contribution is 0.0566. The molecule has 0 bridgehead atoms. The molecule has 0 aliphatic carbocycles. The minimum atomic E-state index is -2.68. The standard InChI is InChI=1S/C8H6F2N4O/c9-8(10)14-4-5(3-11-14)6-1-2-7(15)13-12-6/h1-4,8H,(H,13,15). The molecule has 0 fully saturated rings. The Morgan fingerprint density at radius 3 is 2.73 bits per heavy atom. The number of nitrogens with one attached hydrogen (secondary N) is 1. The van der Waals surface area contributed by atoms with E-state index in [0.717, 1.165) is 6.20 Å². The number of halogens is 2. The molecule has 0 unspecified atom stereocenters. The zero-order valence-electron chi connectivity index (χ0n) is 7.39. The molecule has 0 amide bonds. The second kappa shape index (κ2) is 3.60.